The number of furan rings is 1. The molecule has 0 unspecified atom stereocenters. The van der Waals surface area contributed by atoms with Crippen LogP contribution in [0.5, 0.6) is 0 Å². The van der Waals surface area contributed by atoms with Gasteiger partial charge in [0.2, 0.25) is 0 Å². The smallest absolute Gasteiger partial charge is 0.143 e. The number of benzene rings is 8. The highest BCUT2D eigenvalue weighted by molar-refractivity contribution is 6.23. The van der Waals surface area contributed by atoms with Crippen LogP contribution in [0.15, 0.2) is 180 Å². The molecular formula is C50H34N2O. The molecule has 0 amide bonds. The van der Waals surface area contributed by atoms with E-state index >= 15 is 0 Å². The second-order valence-corrected chi connectivity index (χ2v) is 13.8. The average molecular weight is 679 g/mol. The van der Waals surface area contributed by atoms with E-state index in [0.29, 0.717) is 0 Å². The highest BCUT2D eigenvalue weighted by Gasteiger charge is 2.14. The topological polar surface area (TPSA) is 38.9 Å². The van der Waals surface area contributed by atoms with Crippen molar-refractivity contribution in [2.45, 2.75) is 13.3 Å². The molecule has 250 valence electrons. The van der Waals surface area contributed by atoms with Gasteiger partial charge in [0.25, 0.3) is 0 Å². The summed E-state index contributed by atoms with van der Waals surface area (Å²) in [5, 5.41) is 6.98. The monoisotopic (exact) mass is 678 g/mol. The maximum absolute atomic E-state index is 6.31. The molecule has 0 aliphatic rings. The molecular weight excluding hydrogens is 645 g/mol. The van der Waals surface area contributed by atoms with Crippen molar-refractivity contribution in [3.05, 3.63) is 187 Å². The highest BCUT2D eigenvalue weighted by Crippen LogP contribution is 2.37. The second kappa shape index (κ2) is 12.7. The van der Waals surface area contributed by atoms with E-state index < -0.39 is 0 Å². The van der Waals surface area contributed by atoms with Crippen LogP contribution in [0.2, 0.25) is 0 Å². The summed E-state index contributed by atoms with van der Waals surface area (Å²) in [6.07, 6.45) is 4.99. The predicted octanol–water partition coefficient (Wildman–Crippen LogP) is 13.5. The summed E-state index contributed by atoms with van der Waals surface area (Å²) in [4.78, 5) is 10.1. The number of rotatable bonds is 6. The summed E-state index contributed by atoms with van der Waals surface area (Å²) in [7, 11) is 0. The Morgan fingerprint density at radius 1 is 0.509 bits per heavy atom. The van der Waals surface area contributed by atoms with Gasteiger partial charge in [-0.25, -0.2) is 4.98 Å². The number of hydrogen-bond donors (Lipinski definition) is 0. The molecule has 10 aromatic rings. The molecule has 0 aliphatic carbocycles. The summed E-state index contributed by atoms with van der Waals surface area (Å²) in [5.74, 6) is 0. The van der Waals surface area contributed by atoms with Gasteiger partial charge in [0.1, 0.15) is 11.2 Å². The molecule has 0 bridgehead atoms. The van der Waals surface area contributed by atoms with Gasteiger partial charge in [0.05, 0.1) is 22.9 Å². The van der Waals surface area contributed by atoms with Gasteiger partial charge in [-0.05, 0) is 75.2 Å². The fraction of sp³-hybridized carbons (Fsp3) is 0.0400. The standard InChI is InChI=1S/C50H34N2O/c1-32(46-31-51-48-43-18-4-2-15-40(43)41-16-3-5-19-44(41)49(48)52-46)23-24-33-11-8-12-36(29-33)38-14-9-13-37(30-38)34-25-27-35(28-26-34)39-20-10-21-45-42-17-6-7-22-47(42)53-50(39)45/h2-23,25-31H,24H2,1H3/b32-23+. The van der Waals surface area contributed by atoms with E-state index in [4.69, 9.17) is 14.4 Å². The van der Waals surface area contributed by atoms with Crippen LogP contribution in [0.25, 0.3) is 93.5 Å². The Balaban J connectivity index is 0.914. The number of hydrogen-bond acceptors (Lipinski definition) is 3. The van der Waals surface area contributed by atoms with Crippen LogP contribution in [0.4, 0.5) is 0 Å². The number of allylic oxidation sites excluding steroid dienone is 2. The number of aromatic nitrogens is 2. The fourth-order valence-corrected chi connectivity index (χ4v) is 7.76. The zero-order valence-corrected chi connectivity index (χ0v) is 29.3. The molecule has 3 nitrogen and oxygen atoms in total. The van der Waals surface area contributed by atoms with Crippen LogP contribution < -0.4 is 0 Å². The van der Waals surface area contributed by atoms with Crippen LogP contribution in [0.3, 0.4) is 0 Å². The third-order valence-electron chi connectivity index (χ3n) is 10.5. The van der Waals surface area contributed by atoms with Crippen molar-refractivity contribution in [1.82, 2.24) is 9.97 Å². The molecule has 0 N–H and O–H groups in total. The van der Waals surface area contributed by atoms with Crippen molar-refractivity contribution >= 4 is 60.1 Å². The Kier molecular flexibility index (Phi) is 7.43. The van der Waals surface area contributed by atoms with E-state index in [2.05, 4.69) is 165 Å². The van der Waals surface area contributed by atoms with Crippen molar-refractivity contribution in [3.63, 3.8) is 0 Å². The van der Waals surface area contributed by atoms with Gasteiger partial charge in [0, 0.05) is 27.1 Å². The van der Waals surface area contributed by atoms with E-state index in [0.717, 1.165) is 72.6 Å². The van der Waals surface area contributed by atoms with Crippen molar-refractivity contribution in [2.75, 3.05) is 0 Å². The highest BCUT2D eigenvalue weighted by atomic mass is 16.3. The fourth-order valence-electron chi connectivity index (χ4n) is 7.76. The molecule has 0 spiro atoms. The Labute approximate surface area is 307 Å². The van der Waals surface area contributed by atoms with Crippen molar-refractivity contribution in [3.8, 4) is 33.4 Å². The molecule has 53 heavy (non-hydrogen) atoms. The first-order valence-electron chi connectivity index (χ1n) is 18.1. The molecule has 10 rings (SSSR count). The zero-order valence-electron chi connectivity index (χ0n) is 29.3. The number of fused-ring (bicyclic) bond motifs is 9. The maximum Gasteiger partial charge on any atom is 0.143 e. The normalized spacial score (nSPS) is 12.1. The Hall–Kier alpha value is -6.84. The lowest BCUT2D eigenvalue weighted by Gasteiger charge is -2.11. The number of nitrogens with zero attached hydrogens (tertiary/aromatic N) is 2. The molecule has 0 atom stereocenters. The first-order valence-corrected chi connectivity index (χ1v) is 18.1. The van der Waals surface area contributed by atoms with E-state index in [1.165, 1.54) is 38.6 Å². The van der Waals surface area contributed by atoms with Gasteiger partial charge in [0.15, 0.2) is 0 Å². The summed E-state index contributed by atoms with van der Waals surface area (Å²) in [6, 6.07) is 58.1. The van der Waals surface area contributed by atoms with Gasteiger partial charge in [-0.3, -0.25) is 4.98 Å². The molecule has 0 aliphatic heterocycles. The zero-order chi connectivity index (χ0) is 35.3. The molecule has 2 heterocycles. The minimum Gasteiger partial charge on any atom is -0.455 e. The lowest BCUT2D eigenvalue weighted by Crippen LogP contribution is -1.94. The van der Waals surface area contributed by atoms with Crippen molar-refractivity contribution < 1.29 is 4.42 Å². The molecule has 0 saturated heterocycles. The van der Waals surface area contributed by atoms with Gasteiger partial charge < -0.3 is 4.42 Å². The van der Waals surface area contributed by atoms with Crippen LogP contribution in [-0.2, 0) is 6.42 Å². The molecule has 0 radical (unpaired) electrons. The van der Waals surface area contributed by atoms with Crippen LogP contribution in [0, 0.1) is 0 Å². The van der Waals surface area contributed by atoms with E-state index in [-0.39, 0.29) is 0 Å². The minimum absolute atomic E-state index is 0.803. The summed E-state index contributed by atoms with van der Waals surface area (Å²) in [5.41, 5.74) is 14.0. The third kappa shape index (κ3) is 5.46. The molecule has 0 fully saturated rings. The predicted molar refractivity (Wildman–Crippen MR) is 222 cm³/mol. The van der Waals surface area contributed by atoms with Gasteiger partial charge in [-0.15, -0.1) is 0 Å². The first-order chi connectivity index (χ1) is 26.2. The van der Waals surface area contributed by atoms with E-state index in [1.807, 2.05) is 18.3 Å². The minimum atomic E-state index is 0.803. The summed E-state index contributed by atoms with van der Waals surface area (Å²) in [6.45, 7) is 2.13. The van der Waals surface area contributed by atoms with Crippen molar-refractivity contribution in [1.29, 1.82) is 0 Å². The van der Waals surface area contributed by atoms with Gasteiger partial charge in [-0.1, -0.05) is 158 Å². The Bertz CT molecular complexity index is 3010. The lowest BCUT2D eigenvalue weighted by atomic mass is 9.95. The largest absolute Gasteiger partial charge is 0.455 e. The maximum atomic E-state index is 6.31. The van der Waals surface area contributed by atoms with Crippen molar-refractivity contribution in [2.24, 2.45) is 0 Å². The van der Waals surface area contributed by atoms with Crippen LogP contribution in [0.1, 0.15) is 18.2 Å². The summed E-state index contributed by atoms with van der Waals surface area (Å²) < 4.78 is 6.31. The van der Waals surface area contributed by atoms with E-state index in [1.54, 1.807) is 0 Å². The van der Waals surface area contributed by atoms with Crippen LogP contribution >= 0.6 is 0 Å². The Morgan fingerprint density at radius 2 is 1.09 bits per heavy atom. The molecule has 8 aromatic carbocycles. The van der Waals surface area contributed by atoms with Gasteiger partial charge >= 0.3 is 0 Å². The quantitative estimate of drug-likeness (QED) is 0.164. The first kappa shape index (κ1) is 30.9. The molecule has 3 heteroatoms. The third-order valence-corrected chi connectivity index (χ3v) is 10.5. The van der Waals surface area contributed by atoms with Crippen LogP contribution in [-0.4, -0.2) is 9.97 Å². The number of para-hydroxylation sites is 2. The van der Waals surface area contributed by atoms with Gasteiger partial charge in [-0.2, -0.15) is 0 Å². The molecule has 0 saturated carbocycles. The average Bonchev–Trinajstić information content (AvgIpc) is 3.62. The summed E-state index contributed by atoms with van der Waals surface area (Å²) >= 11 is 0. The van der Waals surface area contributed by atoms with E-state index in [9.17, 15) is 0 Å². The second-order valence-electron chi connectivity index (χ2n) is 13.8. The SMILES string of the molecule is C/C(=C\Cc1cccc(-c2cccc(-c3ccc(-c4cccc5c4oc4ccccc45)cc3)c2)c1)c1cnc2c3ccccc3c3ccccc3c2n1. The Morgan fingerprint density at radius 3 is 1.87 bits per heavy atom. The lowest BCUT2D eigenvalue weighted by molar-refractivity contribution is 0.670. The molecule has 2 aromatic heterocycles.